The molecule has 1 aromatic carbocycles. The van der Waals surface area contributed by atoms with E-state index in [1.807, 2.05) is 0 Å². The summed E-state index contributed by atoms with van der Waals surface area (Å²) in [6, 6.07) is 9.22. The fraction of sp³-hybridized carbons (Fsp3) is 0.333. The number of hydrogen-bond acceptors (Lipinski definition) is 6. The monoisotopic (exact) mass is 389 g/mol. The van der Waals surface area contributed by atoms with Crippen molar-refractivity contribution < 1.29 is 22.7 Å². The van der Waals surface area contributed by atoms with Gasteiger partial charge in [-0.3, -0.25) is 4.79 Å². The zero-order valence-electron chi connectivity index (χ0n) is 14.7. The van der Waals surface area contributed by atoms with Gasteiger partial charge in [0.15, 0.2) is 0 Å². The molecule has 1 fully saturated rings. The number of hydrogen-bond donors (Lipinski definition) is 1. The highest BCUT2D eigenvalue weighted by atomic mass is 32.2. The summed E-state index contributed by atoms with van der Waals surface area (Å²) < 4.78 is 38.3. The summed E-state index contributed by atoms with van der Waals surface area (Å²) in [7, 11) is -2.24. The van der Waals surface area contributed by atoms with Gasteiger partial charge in [0.2, 0.25) is 15.9 Å². The number of rotatable bonds is 3. The van der Waals surface area contributed by atoms with Gasteiger partial charge in [0.05, 0.1) is 13.2 Å². The number of para-hydroxylation sites is 1. The molecule has 3 heterocycles. The zero-order valence-corrected chi connectivity index (χ0v) is 15.5. The topological polar surface area (TPSA) is 97.8 Å². The number of benzene rings is 1. The molecule has 4 rings (SSSR count). The molecule has 0 spiro atoms. The number of sulfonamides is 1. The molecule has 0 saturated carbocycles. The van der Waals surface area contributed by atoms with E-state index in [4.69, 9.17) is 9.47 Å². The summed E-state index contributed by atoms with van der Waals surface area (Å²) in [4.78, 5) is 16.8. The van der Waals surface area contributed by atoms with Crippen LogP contribution in [0.2, 0.25) is 0 Å². The normalized spacial score (nSPS) is 23.4. The lowest BCUT2D eigenvalue weighted by Crippen LogP contribution is -2.39. The van der Waals surface area contributed by atoms with Crippen molar-refractivity contribution in [3.63, 3.8) is 0 Å². The summed E-state index contributed by atoms with van der Waals surface area (Å²) in [5.41, 5.74) is 0.312. The highest BCUT2D eigenvalue weighted by Gasteiger charge is 2.44. The van der Waals surface area contributed by atoms with Crippen molar-refractivity contribution in [1.29, 1.82) is 0 Å². The molecule has 27 heavy (non-hydrogen) atoms. The number of aromatic nitrogens is 1. The lowest BCUT2D eigenvalue weighted by atomic mass is 10.1. The number of fused-ring (bicyclic) bond motifs is 2. The van der Waals surface area contributed by atoms with Gasteiger partial charge in [-0.05, 0) is 30.7 Å². The van der Waals surface area contributed by atoms with Crippen LogP contribution >= 0.6 is 0 Å². The summed E-state index contributed by atoms with van der Waals surface area (Å²) in [6.45, 7) is 0.442. The first-order valence-electron chi connectivity index (χ1n) is 8.54. The van der Waals surface area contributed by atoms with E-state index in [0.29, 0.717) is 17.7 Å². The quantitative estimate of drug-likeness (QED) is 0.843. The smallest absolute Gasteiger partial charge is 0.257 e. The van der Waals surface area contributed by atoms with Crippen LogP contribution in [0, 0.1) is 0 Å². The maximum atomic E-state index is 13.0. The molecule has 142 valence electrons. The van der Waals surface area contributed by atoms with Gasteiger partial charge in [0.25, 0.3) is 5.91 Å². The predicted molar refractivity (Wildman–Crippen MR) is 96.3 cm³/mol. The van der Waals surface area contributed by atoms with Gasteiger partial charge in [-0.2, -0.15) is 4.31 Å². The zero-order chi connectivity index (χ0) is 19.0. The van der Waals surface area contributed by atoms with Crippen molar-refractivity contribution in [3.8, 4) is 11.6 Å². The number of carbonyl (C=O) groups is 1. The highest BCUT2D eigenvalue weighted by molar-refractivity contribution is 7.89. The first-order valence-corrected chi connectivity index (χ1v) is 9.98. The maximum absolute atomic E-state index is 13.0. The Morgan fingerprint density at radius 3 is 2.93 bits per heavy atom. The van der Waals surface area contributed by atoms with Crippen molar-refractivity contribution >= 4 is 15.9 Å². The molecule has 0 bridgehead atoms. The first-order chi connectivity index (χ1) is 13.0. The molecule has 9 heteroatoms. The Labute approximate surface area is 157 Å². The van der Waals surface area contributed by atoms with Crippen LogP contribution in [-0.2, 0) is 10.0 Å². The van der Waals surface area contributed by atoms with Crippen molar-refractivity contribution in [3.05, 3.63) is 48.2 Å². The van der Waals surface area contributed by atoms with Gasteiger partial charge in [0.1, 0.15) is 22.8 Å². The number of nitrogens with zero attached hydrogens (tertiary/aromatic N) is 2. The second-order valence-corrected chi connectivity index (χ2v) is 8.31. The molecular formula is C18H19N3O5S. The van der Waals surface area contributed by atoms with Crippen molar-refractivity contribution in [2.45, 2.75) is 23.4 Å². The Morgan fingerprint density at radius 1 is 1.30 bits per heavy atom. The van der Waals surface area contributed by atoms with E-state index >= 15 is 0 Å². The lowest BCUT2D eigenvalue weighted by Gasteiger charge is -2.19. The summed E-state index contributed by atoms with van der Waals surface area (Å²) in [6.07, 6.45) is 2.01. The fourth-order valence-corrected chi connectivity index (χ4v) is 5.32. The van der Waals surface area contributed by atoms with E-state index < -0.39 is 10.0 Å². The predicted octanol–water partition coefficient (Wildman–Crippen LogP) is 1.04. The lowest BCUT2D eigenvalue weighted by molar-refractivity contribution is 0.0934. The van der Waals surface area contributed by atoms with Crippen LogP contribution in [0.4, 0.5) is 0 Å². The van der Waals surface area contributed by atoms with Gasteiger partial charge in [-0.25, -0.2) is 13.4 Å². The molecule has 1 N–H and O–H groups in total. The Balaban J connectivity index is 1.55. The van der Waals surface area contributed by atoms with E-state index in [2.05, 4.69) is 10.3 Å². The molecule has 2 aliphatic heterocycles. The van der Waals surface area contributed by atoms with Crippen molar-refractivity contribution in [2.75, 3.05) is 20.3 Å². The van der Waals surface area contributed by atoms with Gasteiger partial charge in [0, 0.05) is 18.8 Å². The molecule has 0 radical (unpaired) electrons. The van der Waals surface area contributed by atoms with E-state index in [1.165, 1.54) is 17.6 Å². The summed E-state index contributed by atoms with van der Waals surface area (Å²) in [5.74, 6) is 0.251. The minimum atomic E-state index is -3.68. The number of nitrogens with one attached hydrogen (secondary N) is 1. The molecular weight excluding hydrogens is 370 g/mol. The second kappa shape index (κ2) is 6.82. The first kappa shape index (κ1) is 17.7. The Hall–Kier alpha value is -2.65. The number of ether oxygens (including phenoxy) is 2. The standard InChI is InChI=1S/C18H19N3O5S/c1-25-18-14(5-4-8-19-18)17(22)20-12-9-13-11-26-15-6-2-3-7-16(15)27(23,24)21(13)10-12/h2-8,12-13H,9-11H2,1H3,(H,20,22)/t12-,13-/m0/s1. The van der Waals surface area contributed by atoms with Crippen LogP contribution in [0.25, 0.3) is 0 Å². The Kier molecular flexibility index (Phi) is 4.48. The SMILES string of the molecule is COc1ncccc1C(=O)N[C@H]1C[C@H]2COc3ccccc3S(=O)(=O)N2C1. The van der Waals surface area contributed by atoms with Crippen LogP contribution < -0.4 is 14.8 Å². The molecule has 2 aromatic rings. The average Bonchev–Trinajstić information content (AvgIpc) is 3.06. The molecule has 2 aliphatic rings. The van der Waals surface area contributed by atoms with E-state index in [1.54, 1.807) is 36.4 Å². The number of methoxy groups -OCH3 is 1. The Morgan fingerprint density at radius 2 is 2.11 bits per heavy atom. The van der Waals surface area contributed by atoms with E-state index in [9.17, 15) is 13.2 Å². The van der Waals surface area contributed by atoms with Gasteiger partial charge >= 0.3 is 0 Å². The molecule has 1 saturated heterocycles. The van der Waals surface area contributed by atoms with Gasteiger partial charge in [-0.1, -0.05) is 12.1 Å². The molecule has 0 aliphatic carbocycles. The minimum Gasteiger partial charge on any atom is -0.490 e. The third-order valence-electron chi connectivity index (χ3n) is 4.78. The number of carbonyl (C=O) groups excluding carboxylic acids is 1. The average molecular weight is 389 g/mol. The van der Waals surface area contributed by atoms with Crippen LogP contribution in [0.15, 0.2) is 47.5 Å². The molecule has 2 atom stereocenters. The van der Waals surface area contributed by atoms with Crippen molar-refractivity contribution in [2.24, 2.45) is 0 Å². The fourth-order valence-electron chi connectivity index (χ4n) is 3.52. The third-order valence-corrected chi connectivity index (χ3v) is 6.73. The largest absolute Gasteiger partial charge is 0.490 e. The van der Waals surface area contributed by atoms with E-state index in [-0.39, 0.29) is 41.9 Å². The van der Waals surface area contributed by atoms with Crippen molar-refractivity contribution in [1.82, 2.24) is 14.6 Å². The summed E-state index contributed by atoms with van der Waals surface area (Å²) in [5, 5.41) is 2.89. The molecule has 0 unspecified atom stereocenters. The molecule has 8 nitrogen and oxygen atoms in total. The molecule has 1 amide bonds. The molecule has 1 aromatic heterocycles. The van der Waals surface area contributed by atoms with Crippen LogP contribution in [0.5, 0.6) is 11.6 Å². The number of pyridine rings is 1. The van der Waals surface area contributed by atoms with Crippen LogP contribution in [-0.4, -0.2) is 56.0 Å². The highest BCUT2D eigenvalue weighted by Crippen LogP contribution is 2.35. The second-order valence-electron chi connectivity index (χ2n) is 6.45. The van der Waals surface area contributed by atoms with Crippen LogP contribution in [0.3, 0.4) is 0 Å². The van der Waals surface area contributed by atoms with Gasteiger partial charge in [-0.15, -0.1) is 0 Å². The van der Waals surface area contributed by atoms with E-state index in [0.717, 1.165) is 0 Å². The maximum Gasteiger partial charge on any atom is 0.257 e. The minimum absolute atomic E-state index is 0.161. The summed E-state index contributed by atoms with van der Waals surface area (Å²) >= 11 is 0. The Bertz CT molecular complexity index is 978. The van der Waals surface area contributed by atoms with Crippen LogP contribution in [0.1, 0.15) is 16.8 Å². The van der Waals surface area contributed by atoms with Gasteiger partial charge < -0.3 is 14.8 Å². The third kappa shape index (κ3) is 3.13. The number of amides is 1.